The number of amides is 1. The monoisotopic (exact) mass is 426 g/mol. The van der Waals surface area contributed by atoms with Gasteiger partial charge in [-0.1, -0.05) is 84.4 Å². The predicted octanol–water partition coefficient (Wildman–Crippen LogP) is 3.93. The largest absolute Gasteiger partial charge is 0.297 e. The van der Waals surface area contributed by atoms with E-state index in [0.29, 0.717) is 6.54 Å². The maximum absolute atomic E-state index is 12.3. The summed E-state index contributed by atoms with van der Waals surface area (Å²) < 4.78 is 0. The third-order valence-corrected chi connectivity index (χ3v) is 5.78. The molecule has 1 heterocycles. The van der Waals surface area contributed by atoms with E-state index in [2.05, 4.69) is 75.8 Å². The number of benzene rings is 3. The summed E-state index contributed by atoms with van der Waals surface area (Å²) in [5, 5.41) is 4.13. The normalized spacial score (nSPS) is 15.2. The second kappa shape index (κ2) is 10.8. The van der Waals surface area contributed by atoms with Crippen LogP contribution >= 0.6 is 0 Å². The van der Waals surface area contributed by atoms with Crippen LogP contribution in [0.1, 0.15) is 16.7 Å². The summed E-state index contributed by atoms with van der Waals surface area (Å²) in [6.45, 7) is 7.18. The molecule has 4 rings (SSSR count). The van der Waals surface area contributed by atoms with Crippen molar-refractivity contribution < 1.29 is 4.79 Å². The first-order chi connectivity index (χ1) is 15.7. The van der Waals surface area contributed by atoms with Gasteiger partial charge in [0.2, 0.25) is 0 Å². The second-order valence-corrected chi connectivity index (χ2v) is 8.32. The highest BCUT2D eigenvalue weighted by atomic mass is 16.2. The van der Waals surface area contributed by atoms with Crippen molar-refractivity contribution in [3.8, 4) is 11.1 Å². The molecule has 3 aromatic rings. The molecule has 0 radical (unpaired) electrons. The van der Waals surface area contributed by atoms with Crippen LogP contribution in [0.4, 0.5) is 0 Å². The Hall–Kier alpha value is -3.28. The molecule has 1 fully saturated rings. The van der Waals surface area contributed by atoms with Gasteiger partial charge in [-0.15, -0.1) is 0 Å². The lowest BCUT2D eigenvalue weighted by atomic mass is 10.0. The van der Waals surface area contributed by atoms with Crippen LogP contribution in [0.25, 0.3) is 11.1 Å². The van der Waals surface area contributed by atoms with E-state index >= 15 is 0 Å². The van der Waals surface area contributed by atoms with Gasteiger partial charge in [0.25, 0.3) is 5.91 Å². The molecule has 1 N–H and O–H groups in total. The summed E-state index contributed by atoms with van der Waals surface area (Å²) in [5.41, 5.74) is 8.58. The lowest BCUT2D eigenvalue weighted by Gasteiger charge is -2.34. The zero-order chi connectivity index (χ0) is 22.2. The van der Waals surface area contributed by atoms with Gasteiger partial charge in [-0.2, -0.15) is 5.10 Å². The number of nitrogens with one attached hydrogen (secondary N) is 1. The van der Waals surface area contributed by atoms with Gasteiger partial charge in [-0.25, -0.2) is 5.43 Å². The van der Waals surface area contributed by atoms with Crippen LogP contribution in [0, 0.1) is 6.92 Å². The molecule has 0 atom stereocenters. The molecule has 1 aliphatic rings. The van der Waals surface area contributed by atoms with Crippen LogP contribution in [0.3, 0.4) is 0 Å². The summed E-state index contributed by atoms with van der Waals surface area (Å²) in [4.78, 5) is 16.9. The van der Waals surface area contributed by atoms with Gasteiger partial charge in [-0.05, 0) is 29.2 Å². The van der Waals surface area contributed by atoms with E-state index in [4.69, 9.17) is 0 Å². The SMILES string of the molecule is Cc1ccc(CN2CCN(CC(=O)N/N=C\c3ccc(-c4ccccc4)cc3)CC2)cc1. The number of aryl methyl sites for hydroxylation is 1. The number of carbonyl (C=O) groups excluding carboxylic acids is 1. The number of hydrogen-bond donors (Lipinski definition) is 1. The molecule has 1 amide bonds. The smallest absolute Gasteiger partial charge is 0.254 e. The number of rotatable bonds is 7. The number of hydrogen-bond acceptors (Lipinski definition) is 4. The molecule has 0 aliphatic carbocycles. The number of hydrazone groups is 1. The van der Waals surface area contributed by atoms with Gasteiger partial charge < -0.3 is 0 Å². The van der Waals surface area contributed by atoms with E-state index in [-0.39, 0.29) is 5.91 Å². The van der Waals surface area contributed by atoms with Crippen LogP contribution in [-0.2, 0) is 11.3 Å². The van der Waals surface area contributed by atoms with E-state index in [1.807, 2.05) is 30.3 Å². The van der Waals surface area contributed by atoms with Gasteiger partial charge >= 0.3 is 0 Å². The van der Waals surface area contributed by atoms with Crippen molar-refractivity contribution in [3.05, 3.63) is 95.6 Å². The van der Waals surface area contributed by atoms with E-state index in [1.165, 1.54) is 16.7 Å². The Morgan fingerprint density at radius 2 is 1.47 bits per heavy atom. The van der Waals surface area contributed by atoms with Gasteiger partial charge in [0.05, 0.1) is 12.8 Å². The first-order valence-electron chi connectivity index (χ1n) is 11.1. The molecule has 0 unspecified atom stereocenters. The van der Waals surface area contributed by atoms with Crippen LogP contribution in [-0.4, -0.2) is 54.6 Å². The molecule has 0 aromatic heterocycles. The molecule has 0 saturated carbocycles. The number of nitrogens with zero attached hydrogens (tertiary/aromatic N) is 3. The zero-order valence-corrected chi connectivity index (χ0v) is 18.6. The van der Waals surface area contributed by atoms with Crippen LogP contribution in [0.5, 0.6) is 0 Å². The number of carbonyl (C=O) groups is 1. The van der Waals surface area contributed by atoms with Crippen molar-refractivity contribution in [1.82, 2.24) is 15.2 Å². The highest BCUT2D eigenvalue weighted by Crippen LogP contribution is 2.18. The van der Waals surface area contributed by atoms with Gasteiger partial charge in [0.15, 0.2) is 0 Å². The van der Waals surface area contributed by atoms with Crippen molar-refractivity contribution in [2.75, 3.05) is 32.7 Å². The molecule has 164 valence electrons. The highest BCUT2D eigenvalue weighted by Gasteiger charge is 2.18. The van der Waals surface area contributed by atoms with E-state index < -0.39 is 0 Å². The quantitative estimate of drug-likeness (QED) is 0.460. The Kier molecular flexibility index (Phi) is 7.43. The minimum Gasteiger partial charge on any atom is -0.297 e. The van der Waals surface area contributed by atoms with Crippen LogP contribution in [0.2, 0.25) is 0 Å². The van der Waals surface area contributed by atoms with Gasteiger partial charge in [0.1, 0.15) is 0 Å². The molecule has 0 bridgehead atoms. The van der Waals surface area contributed by atoms with E-state index in [0.717, 1.165) is 43.9 Å². The van der Waals surface area contributed by atoms with Crippen molar-refractivity contribution in [2.24, 2.45) is 5.10 Å². The Balaban J connectivity index is 1.18. The molecule has 3 aromatic carbocycles. The van der Waals surface area contributed by atoms with E-state index in [1.54, 1.807) is 6.21 Å². The summed E-state index contributed by atoms with van der Waals surface area (Å²) in [6.07, 6.45) is 1.69. The minimum atomic E-state index is -0.0749. The molecular weight excluding hydrogens is 396 g/mol. The first-order valence-corrected chi connectivity index (χ1v) is 11.1. The first kappa shape index (κ1) is 21.9. The fourth-order valence-electron chi connectivity index (χ4n) is 3.87. The third kappa shape index (κ3) is 6.36. The van der Waals surface area contributed by atoms with Crippen molar-refractivity contribution in [3.63, 3.8) is 0 Å². The van der Waals surface area contributed by atoms with E-state index in [9.17, 15) is 4.79 Å². The highest BCUT2D eigenvalue weighted by molar-refractivity contribution is 5.83. The summed E-state index contributed by atoms with van der Waals surface area (Å²) in [5.74, 6) is -0.0749. The number of piperazine rings is 1. The van der Waals surface area contributed by atoms with Crippen LogP contribution in [0.15, 0.2) is 84.0 Å². The minimum absolute atomic E-state index is 0.0749. The Morgan fingerprint density at radius 1 is 0.844 bits per heavy atom. The molecule has 0 spiro atoms. The molecule has 1 saturated heterocycles. The predicted molar refractivity (Wildman–Crippen MR) is 131 cm³/mol. The fourth-order valence-corrected chi connectivity index (χ4v) is 3.87. The lowest BCUT2D eigenvalue weighted by molar-refractivity contribution is -0.122. The standard InChI is InChI=1S/C27H30N4O/c1-22-7-9-24(10-8-22)20-30-15-17-31(18-16-30)21-27(32)29-28-19-23-11-13-26(14-12-23)25-5-3-2-4-6-25/h2-14,19H,15-18,20-21H2,1H3,(H,29,32)/b28-19-. The van der Waals surface area contributed by atoms with Crippen molar-refractivity contribution in [1.29, 1.82) is 0 Å². The van der Waals surface area contributed by atoms with Crippen molar-refractivity contribution >= 4 is 12.1 Å². The molecular formula is C27H30N4O. The zero-order valence-electron chi connectivity index (χ0n) is 18.6. The Morgan fingerprint density at radius 3 is 2.16 bits per heavy atom. The summed E-state index contributed by atoms with van der Waals surface area (Å²) in [6, 6.07) is 27.1. The van der Waals surface area contributed by atoms with Crippen LogP contribution < -0.4 is 5.43 Å². The van der Waals surface area contributed by atoms with Crippen molar-refractivity contribution in [2.45, 2.75) is 13.5 Å². The lowest BCUT2D eigenvalue weighted by Crippen LogP contribution is -2.48. The maximum Gasteiger partial charge on any atom is 0.254 e. The van der Waals surface area contributed by atoms with Gasteiger partial charge in [0, 0.05) is 32.7 Å². The molecule has 5 heteroatoms. The summed E-state index contributed by atoms with van der Waals surface area (Å²) >= 11 is 0. The topological polar surface area (TPSA) is 47.9 Å². The Labute approximate surface area is 190 Å². The molecule has 5 nitrogen and oxygen atoms in total. The molecule has 32 heavy (non-hydrogen) atoms. The average molecular weight is 427 g/mol. The average Bonchev–Trinajstić information content (AvgIpc) is 2.83. The fraction of sp³-hybridized carbons (Fsp3) is 0.259. The van der Waals surface area contributed by atoms with Gasteiger partial charge in [-0.3, -0.25) is 14.6 Å². The Bertz CT molecular complexity index is 1020. The molecule has 1 aliphatic heterocycles. The second-order valence-electron chi connectivity index (χ2n) is 8.32. The maximum atomic E-state index is 12.3. The summed E-state index contributed by atoms with van der Waals surface area (Å²) in [7, 11) is 0. The third-order valence-electron chi connectivity index (χ3n) is 5.78.